The molecular weight excluding hydrogens is 443 g/mol. The molecule has 0 fully saturated rings. The van der Waals surface area contributed by atoms with Gasteiger partial charge < -0.3 is 14.5 Å². The molecule has 0 heterocycles. The van der Waals surface area contributed by atoms with Crippen LogP contribution < -0.4 is 0 Å². The first-order valence-corrected chi connectivity index (χ1v) is 15.4. The van der Waals surface area contributed by atoms with Crippen LogP contribution in [0.4, 0.5) is 0 Å². The Morgan fingerprint density at radius 1 is 0.676 bits per heavy atom. The lowest BCUT2D eigenvalue weighted by Gasteiger charge is -2.21. The third kappa shape index (κ3) is 11.5. The maximum atomic E-state index is 12.1. The minimum atomic E-state index is -4.42. The molecule has 0 radical (unpaired) electrons. The second kappa shape index (κ2) is 17.3. The Labute approximate surface area is 207 Å². The molecule has 0 saturated carbocycles. The first-order chi connectivity index (χ1) is 16.5. The Bertz CT molecular complexity index is 826. The summed E-state index contributed by atoms with van der Waals surface area (Å²) in [6, 6.07) is 13.2. The van der Waals surface area contributed by atoms with Gasteiger partial charge in [-0.3, -0.25) is 4.57 Å². The van der Waals surface area contributed by atoms with Crippen LogP contribution in [0.2, 0.25) is 0 Å². The zero-order valence-electron chi connectivity index (χ0n) is 21.3. The fraction of sp³-hybridized carbons (Fsp3) is 0.655. The van der Waals surface area contributed by atoms with Crippen molar-refractivity contribution in [2.45, 2.75) is 116 Å². The van der Waals surface area contributed by atoms with E-state index in [-0.39, 0.29) is 0 Å². The predicted octanol–water partition coefficient (Wildman–Crippen LogP) is 9.29. The van der Waals surface area contributed by atoms with Crippen molar-refractivity contribution in [3.8, 4) is 0 Å². The van der Waals surface area contributed by atoms with Crippen LogP contribution in [0.3, 0.4) is 0 Å². The van der Waals surface area contributed by atoms with Gasteiger partial charge in [-0.2, -0.15) is 0 Å². The average Bonchev–Trinajstić information content (AvgIpc) is 2.82. The molecule has 4 nitrogen and oxygen atoms in total. The first-order valence-electron chi connectivity index (χ1n) is 13.7. The summed E-state index contributed by atoms with van der Waals surface area (Å²) in [5.74, 6) is -1.20. The molecule has 0 aliphatic carbocycles. The largest absolute Gasteiger partial charge is 0.361 e. The highest BCUT2D eigenvalue weighted by Gasteiger charge is 2.32. The molecule has 0 spiro atoms. The monoisotopic (exact) mass is 490 g/mol. The zero-order chi connectivity index (χ0) is 24.5. The third-order valence-electron chi connectivity index (χ3n) is 6.67. The molecule has 0 saturated heterocycles. The summed E-state index contributed by atoms with van der Waals surface area (Å²) in [7, 11) is -4.42. The van der Waals surface area contributed by atoms with Gasteiger partial charge in [0.25, 0.3) is 0 Å². The maximum Gasteiger partial charge on any atom is 0.358 e. The highest BCUT2D eigenvalue weighted by Crippen LogP contribution is 2.53. The predicted molar refractivity (Wildman–Crippen MR) is 144 cm³/mol. The van der Waals surface area contributed by atoms with Gasteiger partial charge in [-0.1, -0.05) is 146 Å². The highest BCUT2D eigenvalue weighted by atomic mass is 31.2. The highest BCUT2D eigenvalue weighted by molar-refractivity contribution is 7.52. The molecule has 0 aromatic heterocycles. The van der Waals surface area contributed by atoms with E-state index in [9.17, 15) is 14.4 Å². The van der Waals surface area contributed by atoms with Crippen LogP contribution in [0.1, 0.15) is 121 Å². The Kier molecular flexibility index (Phi) is 14.8. The third-order valence-corrected chi connectivity index (χ3v) is 7.71. The van der Waals surface area contributed by atoms with E-state index in [4.69, 9.17) is 4.74 Å². The Balaban J connectivity index is 1.53. The molecule has 0 bridgehead atoms. The molecule has 2 rings (SSSR count). The lowest BCUT2D eigenvalue weighted by atomic mass is 10.0. The van der Waals surface area contributed by atoms with Crippen molar-refractivity contribution >= 4 is 18.4 Å². The number of hydrogen-bond donors (Lipinski definition) is 2. The van der Waals surface area contributed by atoms with Gasteiger partial charge in [-0.05, 0) is 17.2 Å². The van der Waals surface area contributed by atoms with E-state index in [1.54, 1.807) is 6.07 Å². The van der Waals surface area contributed by atoms with Crippen molar-refractivity contribution in [1.82, 2.24) is 0 Å². The summed E-state index contributed by atoms with van der Waals surface area (Å²) < 4.78 is 17.9. The number of rotatable bonds is 20. The van der Waals surface area contributed by atoms with Gasteiger partial charge in [0.05, 0.1) is 0 Å². The molecule has 5 heteroatoms. The quantitative estimate of drug-likeness (QED) is 0.143. The molecule has 0 aliphatic heterocycles. The van der Waals surface area contributed by atoms with Crippen molar-refractivity contribution in [3.05, 3.63) is 48.0 Å². The van der Waals surface area contributed by atoms with E-state index < -0.39 is 13.4 Å². The van der Waals surface area contributed by atoms with Gasteiger partial charge >= 0.3 is 7.60 Å². The van der Waals surface area contributed by atoms with Crippen molar-refractivity contribution in [2.24, 2.45) is 0 Å². The van der Waals surface area contributed by atoms with Crippen molar-refractivity contribution < 1.29 is 19.1 Å². The summed E-state index contributed by atoms with van der Waals surface area (Å²) in [4.78, 5) is 19.8. The van der Waals surface area contributed by atoms with Gasteiger partial charge in [0, 0.05) is 12.2 Å². The van der Waals surface area contributed by atoms with Crippen LogP contribution in [0, 0.1) is 0 Å². The molecule has 2 aromatic carbocycles. The average molecular weight is 491 g/mol. The van der Waals surface area contributed by atoms with Gasteiger partial charge in [0.15, 0.2) is 5.85 Å². The second-order valence-electron chi connectivity index (χ2n) is 9.68. The molecule has 2 N–H and O–H groups in total. The summed E-state index contributed by atoms with van der Waals surface area (Å²) in [5, 5.41) is 1.80. The fourth-order valence-corrected chi connectivity index (χ4v) is 5.57. The topological polar surface area (TPSA) is 66.8 Å². The van der Waals surface area contributed by atoms with E-state index in [0.717, 1.165) is 30.0 Å². The lowest BCUT2D eigenvalue weighted by molar-refractivity contribution is 0.0833. The standard InChI is InChI=1S/C29H47O4P/c1-2-3-4-5-6-7-8-9-10-11-12-13-14-15-16-19-25-33-29(34(30,31)32)28-24-20-22-26-21-17-18-23-27(26)28/h17-18,20-24,29H,2-16,19,25H2,1H3,(H2,30,31,32). The van der Waals surface area contributed by atoms with E-state index in [0.29, 0.717) is 12.2 Å². The number of ether oxygens (including phenoxy) is 1. The van der Waals surface area contributed by atoms with Crippen LogP contribution in [-0.4, -0.2) is 16.4 Å². The number of hydrogen-bond acceptors (Lipinski definition) is 2. The Hall–Kier alpha value is -1.19. The molecule has 2 aromatic rings. The van der Waals surface area contributed by atoms with Crippen LogP contribution in [-0.2, 0) is 9.30 Å². The molecule has 1 atom stereocenters. The van der Waals surface area contributed by atoms with Gasteiger partial charge in [-0.25, -0.2) is 0 Å². The van der Waals surface area contributed by atoms with Crippen molar-refractivity contribution in [1.29, 1.82) is 0 Å². The Morgan fingerprint density at radius 3 is 1.68 bits per heavy atom. The first kappa shape index (κ1) is 29.0. The molecular formula is C29H47O4P. The molecule has 192 valence electrons. The van der Waals surface area contributed by atoms with Gasteiger partial charge in [0.1, 0.15) is 0 Å². The van der Waals surface area contributed by atoms with Crippen LogP contribution >= 0.6 is 7.60 Å². The minimum absolute atomic E-state index is 0.372. The Morgan fingerprint density at radius 2 is 1.15 bits per heavy atom. The number of fused-ring (bicyclic) bond motifs is 1. The van der Waals surface area contributed by atoms with Crippen molar-refractivity contribution in [2.75, 3.05) is 6.61 Å². The van der Waals surface area contributed by atoms with Gasteiger partial charge in [-0.15, -0.1) is 0 Å². The molecule has 1 unspecified atom stereocenters. The number of benzene rings is 2. The van der Waals surface area contributed by atoms with Gasteiger partial charge in [0.2, 0.25) is 0 Å². The van der Waals surface area contributed by atoms with Crippen LogP contribution in [0.15, 0.2) is 42.5 Å². The minimum Gasteiger partial charge on any atom is -0.361 e. The van der Waals surface area contributed by atoms with E-state index in [1.165, 1.54) is 83.5 Å². The lowest BCUT2D eigenvalue weighted by Crippen LogP contribution is -2.07. The summed E-state index contributed by atoms with van der Waals surface area (Å²) in [6.07, 6.45) is 20.8. The van der Waals surface area contributed by atoms with E-state index >= 15 is 0 Å². The fourth-order valence-electron chi connectivity index (χ4n) is 4.68. The zero-order valence-corrected chi connectivity index (χ0v) is 22.2. The molecule has 0 aliphatic rings. The maximum absolute atomic E-state index is 12.1. The summed E-state index contributed by atoms with van der Waals surface area (Å²) in [5.41, 5.74) is 0.572. The summed E-state index contributed by atoms with van der Waals surface area (Å²) in [6.45, 7) is 2.64. The van der Waals surface area contributed by atoms with Crippen molar-refractivity contribution in [3.63, 3.8) is 0 Å². The van der Waals surface area contributed by atoms with E-state index in [1.807, 2.05) is 36.4 Å². The van der Waals surface area contributed by atoms with Crippen LogP contribution in [0.5, 0.6) is 0 Å². The second-order valence-corrected chi connectivity index (χ2v) is 11.3. The molecule has 0 amide bonds. The van der Waals surface area contributed by atoms with Crippen LogP contribution in [0.25, 0.3) is 10.8 Å². The SMILES string of the molecule is CCCCCCCCCCCCCCCCCCOC(c1cccc2ccccc12)P(=O)(O)O. The smallest absolute Gasteiger partial charge is 0.358 e. The summed E-state index contributed by atoms with van der Waals surface area (Å²) >= 11 is 0. The normalized spacial score (nSPS) is 12.9. The van der Waals surface area contributed by atoms with E-state index in [2.05, 4.69) is 6.92 Å². The number of unbranched alkanes of at least 4 members (excludes halogenated alkanes) is 15. The molecule has 34 heavy (non-hydrogen) atoms.